The normalized spacial score (nSPS) is 15.4. The van der Waals surface area contributed by atoms with Crippen LogP contribution in [-0.2, 0) is 10.0 Å². The number of benzene rings is 1. The number of aromatic nitrogens is 2. The van der Waals surface area contributed by atoms with E-state index in [1.54, 1.807) is 39.8 Å². The van der Waals surface area contributed by atoms with E-state index in [9.17, 15) is 18.3 Å². The summed E-state index contributed by atoms with van der Waals surface area (Å²) in [5.74, 6) is 0.560. The van der Waals surface area contributed by atoms with Gasteiger partial charge in [0.1, 0.15) is 11.4 Å². The van der Waals surface area contributed by atoms with E-state index in [1.807, 2.05) is 0 Å². The van der Waals surface area contributed by atoms with Crippen molar-refractivity contribution in [3.8, 4) is 11.1 Å². The van der Waals surface area contributed by atoms with Gasteiger partial charge in [-0.05, 0) is 64.3 Å². The monoisotopic (exact) mass is 474 g/mol. The van der Waals surface area contributed by atoms with E-state index < -0.39 is 21.2 Å². The Kier molecular flexibility index (Phi) is 6.10. The Labute approximate surface area is 192 Å². The van der Waals surface area contributed by atoms with Crippen molar-refractivity contribution in [1.82, 2.24) is 14.9 Å². The van der Waals surface area contributed by atoms with Gasteiger partial charge in [0.15, 0.2) is 0 Å². The predicted octanol–water partition coefficient (Wildman–Crippen LogP) is 3.20. The van der Waals surface area contributed by atoms with E-state index in [1.165, 1.54) is 6.07 Å². The van der Waals surface area contributed by atoms with Gasteiger partial charge in [0.25, 0.3) is 5.56 Å². The number of H-pyrrole nitrogens is 1. The third-order valence-electron chi connectivity index (χ3n) is 5.92. The largest absolute Gasteiger partial charge is 0.389 e. The van der Waals surface area contributed by atoms with Gasteiger partial charge < -0.3 is 19.9 Å². The van der Waals surface area contributed by atoms with Crippen LogP contribution in [0.1, 0.15) is 51.0 Å². The topological polar surface area (TPSA) is 137 Å². The van der Waals surface area contributed by atoms with Crippen LogP contribution in [0.15, 0.2) is 32.4 Å². The highest BCUT2D eigenvalue weighted by molar-refractivity contribution is 7.89. The maximum atomic E-state index is 13.5. The first-order chi connectivity index (χ1) is 15.4. The molecule has 1 aliphatic carbocycles. The minimum absolute atomic E-state index is 0.0736. The number of fused-ring (bicyclic) bond motifs is 1. The third kappa shape index (κ3) is 4.97. The van der Waals surface area contributed by atoms with Crippen molar-refractivity contribution in [3.63, 3.8) is 0 Å². The molecule has 33 heavy (non-hydrogen) atoms. The van der Waals surface area contributed by atoms with Crippen LogP contribution < -0.4 is 15.6 Å². The number of anilines is 1. The second-order valence-corrected chi connectivity index (χ2v) is 11.1. The Hall–Kier alpha value is -2.69. The first-order valence-corrected chi connectivity index (χ1v) is 12.6. The first kappa shape index (κ1) is 23.5. The van der Waals surface area contributed by atoms with Crippen molar-refractivity contribution in [2.24, 2.45) is 0 Å². The number of rotatable bonds is 7. The van der Waals surface area contributed by atoms with E-state index in [4.69, 9.17) is 4.52 Å². The molecule has 1 aromatic carbocycles. The molecule has 0 spiro atoms. The van der Waals surface area contributed by atoms with Crippen molar-refractivity contribution < 1.29 is 18.0 Å². The van der Waals surface area contributed by atoms with Crippen LogP contribution in [0.2, 0.25) is 0 Å². The number of hydrogen-bond donors (Lipinski definition) is 4. The maximum absolute atomic E-state index is 13.5. The van der Waals surface area contributed by atoms with E-state index in [-0.39, 0.29) is 23.2 Å². The Balaban J connectivity index is 1.91. The average Bonchev–Trinajstić information content (AvgIpc) is 3.33. The number of nitrogens with one attached hydrogen (secondary N) is 3. The molecule has 0 unspecified atom stereocenters. The van der Waals surface area contributed by atoms with Crippen molar-refractivity contribution in [2.45, 2.75) is 69.9 Å². The molecule has 4 rings (SSSR count). The number of sulfonamides is 1. The summed E-state index contributed by atoms with van der Waals surface area (Å²) in [7, 11) is -3.88. The molecule has 0 radical (unpaired) electrons. The fraction of sp³-hybridized carbons (Fsp3) is 0.478. The summed E-state index contributed by atoms with van der Waals surface area (Å²) in [5, 5.41) is 17.3. The zero-order valence-electron chi connectivity index (χ0n) is 19.3. The lowest BCUT2D eigenvalue weighted by molar-refractivity contribution is 0.0945. The van der Waals surface area contributed by atoms with E-state index in [0.717, 1.165) is 25.7 Å². The predicted molar refractivity (Wildman–Crippen MR) is 127 cm³/mol. The molecule has 0 saturated heterocycles. The number of hydrogen-bond acceptors (Lipinski definition) is 7. The van der Waals surface area contributed by atoms with Crippen LogP contribution in [0.5, 0.6) is 0 Å². The molecule has 1 fully saturated rings. The molecule has 9 nitrogen and oxygen atoms in total. The number of nitrogens with zero attached hydrogens (tertiary/aromatic N) is 1. The summed E-state index contributed by atoms with van der Waals surface area (Å²) in [6.07, 6.45) is 3.59. The Morgan fingerprint density at radius 1 is 1.21 bits per heavy atom. The van der Waals surface area contributed by atoms with Gasteiger partial charge in [0.2, 0.25) is 10.0 Å². The third-order valence-corrected chi connectivity index (χ3v) is 7.48. The van der Waals surface area contributed by atoms with E-state index in [0.29, 0.717) is 33.5 Å². The van der Waals surface area contributed by atoms with Gasteiger partial charge in [0.05, 0.1) is 21.7 Å². The van der Waals surface area contributed by atoms with Crippen molar-refractivity contribution in [1.29, 1.82) is 0 Å². The molecule has 0 bridgehead atoms. The lowest BCUT2D eigenvalue weighted by atomic mass is 10.0. The molecule has 3 aromatic rings. The Bertz CT molecular complexity index is 1330. The van der Waals surface area contributed by atoms with Gasteiger partial charge in [-0.25, -0.2) is 13.1 Å². The van der Waals surface area contributed by atoms with Gasteiger partial charge in [-0.1, -0.05) is 18.0 Å². The second kappa shape index (κ2) is 8.58. The molecule has 0 amide bonds. The number of aryl methyl sites for hydroxylation is 2. The molecule has 178 valence electrons. The van der Waals surface area contributed by atoms with Gasteiger partial charge >= 0.3 is 0 Å². The van der Waals surface area contributed by atoms with Crippen LogP contribution in [0, 0.1) is 13.8 Å². The number of aliphatic hydroxyl groups is 1. The van der Waals surface area contributed by atoms with E-state index in [2.05, 4.69) is 20.2 Å². The van der Waals surface area contributed by atoms with Crippen LogP contribution in [0.4, 0.5) is 5.69 Å². The standard InChI is InChI=1S/C23H30N4O5S/c1-13-21(14(2)32-26-13)15-9-18-17(11-19(22(28)25-18)24-12-23(3,4)29)20(10-15)33(30,31)27-16-7-5-6-8-16/h9-11,16,24,27,29H,5-8,12H2,1-4H3,(H,25,28). The average molecular weight is 475 g/mol. The van der Waals surface area contributed by atoms with Gasteiger partial charge in [0, 0.05) is 23.5 Å². The van der Waals surface area contributed by atoms with Gasteiger partial charge in [-0.3, -0.25) is 4.79 Å². The lowest BCUT2D eigenvalue weighted by Gasteiger charge is -2.19. The molecule has 1 aliphatic rings. The summed E-state index contributed by atoms with van der Waals surface area (Å²) >= 11 is 0. The maximum Gasteiger partial charge on any atom is 0.271 e. The number of pyridine rings is 1. The zero-order chi connectivity index (χ0) is 24.0. The molecule has 4 N–H and O–H groups in total. The summed E-state index contributed by atoms with van der Waals surface area (Å²) in [5.41, 5.74) is 1.04. The SMILES string of the molecule is Cc1noc(C)c1-c1cc(S(=O)(=O)NC2CCCC2)c2cc(NCC(C)(C)O)c(=O)[nH]c2c1. The highest BCUT2D eigenvalue weighted by Crippen LogP contribution is 2.34. The second-order valence-electron chi connectivity index (χ2n) is 9.42. The van der Waals surface area contributed by atoms with E-state index >= 15 is 0 Å². The van der Waals surface area contributed by atoms with Crippen molar-refractivity contribution >= 4 is 26.6 Å². The fourth-order valence-electron chi connectivity index (χ4n) is 4.31. The van der Waals surface area contributed by atoms with Crippen molar-refractivity contribution in [3.05, 3.63) is 40.0 Å². The summed E-state index contributed by atoms with van der Waals surface area (Å²) in [4.78, 5) is 15.6. The summed E-state index contributed by atoms with van der Waals surface area (Å²) < 4.78 is 35.1. The van der Waals surface area contributed by atoms with Crippen molar-refractivity contribution in [2.75, 3.05) is 11.9 Å². The van der Waals surface area contributed by atoms with Crippen LogP contribution in [-0.4, -0.2) is 41.9 Å². The van der Waals surface area contributed by atoms with Crippen LogP contribution in [0.3, 0.4) is 0 Å². The molecule has 10 heteroatoms. The Morgan fingerprint density at radius 2 is 1.91 bits per heavy atom. The zero-order valence-corrected chi connectivity index (χ0v) is 20.1. The molecule has 1 saturated carbocycles. The minimum Gasteiger partial charge on any atom is -0.389 e. The quantitative estimate of drug-likeness (QED) is 0.413. The molecular formula is C23H30N4O5S. The molecule has 2 heterocycles. The van der Waals surface area contributed by atoms with Gasteiger partial charge in [-0.15, -0.1) is 0 Å². The molecule has 2 aromatic heterocycles. The first-order valence-electron chi connectivity index (χ1n) is 11.1. The van der Waals surface area contributed by atoms with Gasteiger partial charge in [-0.2, -0.15) is 0 Å². The lowest BCUT2D eigenvalue weighted by Crippen LogP contribution is -2.33. The molecular weight excluding hydrogens is 444 g/mol. The molecule has 0 atom stereocenters. The fourth-order valence-corrected chi connectivity index (χ4v) is 5.85. The minimum atomic E-state index is -3.88. The van der Waals surface area contributed by atoms with Crippen LogP contribution in [0.25, 0.3) is 22.0 Å². The van der Waals surface area contributed by atoms with Crippen LogP contribution >= 0.6 is 0 Å². The highest BCUT2D eigenvalue weighted by Gasteiger charge is 2.27. The highest BCUT2D eigenvalue weighted by atomic mass is 32.2. The smallest absolute Gasteiger partial charge is 0.271 e. The number of aromatic amines is 1. The summed E-state index contributed by atoms with van der Waals surface area (Å²) in [6.45, 7) is 6.91. The Morgan fingerprint density at radius 3 is 2.52 bits per heavy atom. The summed E-state index contributed by atoms with van der Waals surface area (Å²) in [6, 6.07) is 4.76. The molecule has 0 aliphatic heterocycles.